The van der Waals surface area contributed by atoms with Crippen LogP contribution in [0.3, 0.4) is 0 Å². The molecular formula is C23H27N4O2S+. The van der Waals surface area contributed by atoms with E-state index < -0.39 is 0 Å². The smallest absolute Gasteiger partial charge is 0.338 e. The van der Waals surface area contributed by atoms with Gasteiger partial charge in [0.15, 0.2) is 0 Å². The third-order valence-electron chi connectivity index (χ3n) is 5.44. The highest BCUT2D eigenvalue weighted by atomic mass is 32.2. The van der Waals surface area contributed by atoms with Gasteiger partial charge in [-0.25, -0.2) is 4.79 Å². The van der Waals surface area contributed by atoms with Crippen LogP contribution in [0, 0.1) is 0 Å². The Bertz CT molecular complexity index is 1130. The first-order chi connectivity index (χ1) is 14.5. The van der Waals surface area contributed by atoms with Gasteiger partial charge in [0.05, 0.1) is 32.9 Å². The second kappa shape index (κ2) is 9.02. The molecule has 1 aromatic heterocycles. The maximum absolute atomic E-state index is 12.6. The number of benzene rings is 2. The SMILES string of the molecule is C[NH+](C)CCn1c2c(c(SCC(=O)Nc3cccc4ccccc34)nc1=O)CCC2. The van der Waals surface area contributed by atoms with Gasteiger partial charge < -0.3 is 10.2 Å². The lowest BCUT2D eigenvalue weighted by atomic mass is 10.1. The number of rotatable bonds is 7. The van der Waals surface area contributed by atoms with E-state index in [1.807, 2.05) is 47.0 Å². The molecule has 2 aromatic carbocycles. The molecule has 1 amide bonds. The molecule has 0 bridgehead atoms. The largest absolute Gasteiger partial charge is 0.349 e. The predicted molar refractivity (Wildman–Crippen MR) is 122 cm³/mol. The third kappa shape index (κ3) is 4.42. The Morgan fingerprint density at radius 3 is 2.80 bits per heavy atom. The molecule has 0 unspecified atom stereocenters. The molecule has 1 aliphatic carbocycles. The molecule has 3 aromatic rings. The first kappa shape index (κ1) is 20.6. The quantitative estimate of drug-likeness (QED) is 0.449. The van der Waals surface area contributed by atoms with Gasteiger partial charge in [-0.3, -0.25) is 9.36 Å². The van der Waals surface area contributed by atoms with Crippen LogP contribution in [0.1, 0.15) is 17.7 Å². The van der Waals surface area contributed by atoms with E-state index >= 15 is 0 Å². The molecular weight excluding hydrogens is 396 g/mol. The number of carbonyl (C=O) groups is 1. The lowest BCUT2D eigenvalue weighted by Crippen LogP contribution is -3.06. The molecule has 7 heteroatoms. The number of quaternary nitrogens is 1. The van der Waals surface area contributed by atoms with Crippen LogP contribution in [0.5, 0.6) is 0 Å². The molecule has 0 spiro atoms. The second-order valence-electron chi connectivity index (χ2n) is 7.95. The van der Waals surface area contributed by atoms with E-state index in [0.717, 1.165) is 53.5 Å². The van der Waals surface area contributed by atoms with Crippen molar-refractivity contribution in [2.24, 2.45) is 0 Å². The molecule has 0 saturated carbocycles. The number of hydrogen-bond acceptors (Lipinski definition) is 4. The van der Waals surface area contributed by atoms with E-state index in [1.54, 1.807) is 0 Å². The number of likely N-dealkylation sites (N-methyl/N-ethyl adjacent to an activating group) is 1. The Kier molecular flexibility index (Phi) is 6.20. The molecule has 2 N–H and O–H groups in total. The number of carbonyl (C=O) groups excluding carboxylic acids is 1. The van der Waals surface area contributed by atoms with Gasteiger partial charge in [0, 0.05) is 22.3 Å². The summed E-state index contributed by atoms with van der Waals surface area (Å²) in [6, 6.07) is 13.9. The van der Waals surface area contributed by atoms with Crippen molar-refractivity contribution in [3.63, 3.8) is 0 Å². The van der Waals surface area contributed by atoms with Gasteiger partial charge in [-0.15, -0.1) is 0 Å². The highest BCUT2D eigenvalue weighted by molar-refractivity contribution is 8.00. The minimum Gasteiger partial charge on any atom is -0.338 e. The Hall–Kier alpha value is -2.64. The summed E-state index contributed by atoms with van der Waals surface area (Å²) in [7, 11) is 4.16. The molecule has 0 saturated heterocycles. The van der Waals surface area contributed by atoms with Gasteiger partial charge >= 0.3 is 5.69 Å². The maximum atomic E-state index is 12.6. The molecule has 0 fully saturated rings. The van der Waals surface area contributed by atoms with E-state index in [2.05, 4.69) is 24.4 Å². The van der Waals surface area contributed by atoms with Gasteiger partial charge in [-0.05, 0) is 30.7 Å². The van der Waals surface area contributed by atoms with Crippen molar-refractivity contribution in [1.82, 2.24) is 9.55 Å². The minimum absolute atomic E-state index is 0.0923. The number of fused-ring (bicyclic) bond motifs is 2. The van der Waals surface area contributed by atoms with Gasteiger partial charge in [-0.2, -0.15) is 4.98 Å². The van der Waals surface area contributed by atoms with E-state index in [-0.39, 0.29) is 17.3 Å². The lowest BCUT2D eigenvalue weighted by Gasteiger charge is -2.15. The lowest BCUT2D eigenvalue weighted by molar-refractivity contribution is -0.859. The van der Waals surface area contributed by atoms with Crippen molar-refractivity contribution < 1.29 is 9.69 Å². The average molecular weight is 424 g/mol. The van der Waals surface area contributed by atoms with Crippen LogP contribution >= 0.6 is 11.8 Å². The van der Waals surface area contributed by atoms with Crippen molar-refractivity contribution in [2.45, 2.75) is 30.8 Å². The number of anilines is 1. The Morgan fingerprint density at radius 2 is 1.97 bits per heavy atom. The topological polar surface area (TPSA) is 68.4 Å². The van der Waals surface area contributed by atoms with E-state index in [1.165, 1.54) is 16.7 Å². The molecule has 0 radical (unpaired) electrons. The second-order valence-corrected chi connectivity index (χ2v) is 8.91. The Labute approximate surface area is 180 Å². The zero-order chi connectivity index (χ0) is 21.1. The Morgan fingerprint density at radius 1 is 1.17 bits per heavy atom. The summed E-state index contributed by atoms with van der Waals surface area (Å²) in [5.74, 6) is 0.138. The summed E-state index contributed by atoms with van der Waals surface area (Å²) in [6.07, 6.45) is 2.86. The fraction of sp³-hybridized carbons (Fsp3) is 0.348. The third-order valence-corrected chi connectivity index (χ3v) is 6.46. The number of nitrogens with one attached hydrogen (secondary N) is 2. The maximum Gasteiger partial charge on any atom is 0.349 e. The normalized spacial score (nSPS) is 13.0. The number of aromatic nitrogens is 2. The first-order valence-electron chi connectivity index (χ1n) is 10.3. The van der Waals surface area contributed by atoms with Crippen LogP contribution in [0.15, 0.2) is 52.3 Å². The van der Waals surface area contributed by atoms with Crippen LogP contribution in [0.25, 0.3) is 10.8 Å². The standard InChI is InChI=1S/C23H26N4O2S/c1-26(2)13-14-27-20-12-6-10-18(20)22(25-23(27)29)30-15-21(28)24-19-11-5-8-16-7-3-4-9-17(16)19/h3-5,7-9,11H,6,10,12-15H2,1-2H3,(H,24,28)/p+1. The summed E-state index contributed by atoms with van der Waals surface area (Å²) in [5.41, 5.74) is 2.85. The number of hydrogen-bond donors (Lipinski definition) is 2. The molecule has 0 aliphatic heterocycles. The van der Waals surface area contributed by atoms with Crippen molar-refractivity contribution in [1.29, 1.82) is 0 Å². The summed E-state index contributed by atoms with van der Waals surface area (Å²) in [5, 5.41) is 5.83. The van der Waals surface area contributed by atoms with Crippen LogP contribution in [-0.4, -0.2) is 41.9 Å². The molecule has 6 nitrogen and oxygen atoms in total. The predicted octanol–water partition coefficient (Wildman–Crippen LogP) is 1.76. The van der Waals surface area contributed by atoms with Gasteiger partial charge in [0.1, 0.15) is 5.03 Å². The number of thioether (sulfide) groups is 1. The molecule has 4 rings (SSSR count). The monoisotopic (exact) mass is 423 g/mol. The summed E-state index contributed by atoms with van der Waals surface area (Å²) in [4.78, 5) is 30.9. The van der Waals surface area contributed by atoms with E-state index in [0.29, 0.717) is 11.6 Å². The van der Waals surface area contributed by atoms with Crippen molar-refractivity contribution >= 4 is 34.1 Å². The fourth-order valence-corrected chi connectivity index (χ4v) is 4.80. The minimum atomic E-state index is -0.200. The molecule has 30 heavy (non-hydrogen) atoms. The molecule has 156 valence electrons. The van der Waals surface area contributed by atoms with Crippen LogP contribution in [0.4, 0.5) is 5.69 Å². The van der Waals surface area contributed by atoms with Crippen molar-refractivity contribution in [2.75, 3.05) is 31.7 Å². The zero-order valence-electron chi connectivity index (χ0n) is 17.4. The molecule has 1 heterocycles. The average Bonchev–Trinajstić information content (AvgIpc) is 3.21. The highest BCUT2D eigenvalue weighted by Crippen LogP contribution is 2.29. The summed E-state index contributed by atoms with van der Waals surface area (Å²) in [6.45, 7) is 1.57. The molecule has 1 aliphatic rings. The number of nitrogens with zero attached hydrogens (tertiary/aromatic N) is 2. The van der Waals surface area contributed by atoms with Crippen molar-refractivity contribution in [3.8, 4) is 0 Å². The fourth-order valence-electron chi connectivity index (χ4n) is 3.93. The van der Waals surface area contributed by atoms with Gasteiger partial charge in [-0.1, -0.05) is 48.2 Å². The van der Waals surface area contributed by atoms with Gasteiger partial charge in [0.25, 0.3) is 0 Å². The van der Waals surface area contributed by atoms with E-state index in [9.17, 15) is 9.59 Å². The van der Waals surface area contributed by atoms with Crippen LogP contribution in [-0.2, 0) is 24.2 Å². The molecule has 0 atom stereocenters. The van der Waals surface area contributed by atoms with Crippen LogP contribution in [0.2, 0.25) is 0 Å². The van der Waals surface area contributed by atoms with E-state index in [4.69, 9.17) is 0 Å². The highest BCUT2D eigenvalue weighted by Gasteiger charge is 2.22. The first-order valence-corrected chi connectivity index (χ1v) is 11.3. The van der Waals surface area contributed by atoms with Crippen LogP contribution < -0.4 is 15.9 Å². The van der Waals surface area contributed by atoms with Gasteiger partial charge in [0.2, 0.25) is 5.91 Å². The van der Waals surface area contributed by atoms with Crippen molar-refractivity contribution in [3.05, 3.63) is 64.2 Å². The zero-order valence-corrected chi connectivity index (χ0v) is 18.2. The summed E-state index contributed by atoms with van der Waals surface area (Å²) < 4.78 is 1.83. The Balaban J connectivity index is 1.48. The number of amides is 1. The summed E-state index contributed by atoms with van der Waals surface area (Å²) >= 11 is 1.36.